The van der Waals surface area contributed by atoms with Crippen molar-refractivity contribution in [3.8, 4) is 0 Å². The predicted octanol–water partition coefficient (Wildman–Crippen LogP) is 3.50. The Kier molecular flexibility index (Phi) is 5.18. The first-order valence-electron chi connectivity index (χ1n) is 11.5. The zero-order valence-electron chi connectivity index (χ0n) is 19.3. The highest BCUT2D eigenvalue weighted by Crippen LogP contribution is 2.74. The molecule has 4 fully saturated rings. The van der Waals surface area contributed by atoms with Gasteiger partial charge in [-0.2, -0.15) is 0 Å². The molecule has 1 saturated heterocycles. The Labute approximate surface area is 206 Å². The second-order valence-electron chi connectivity index (χ2n) is 11.2. The Morgan fingerprint density at radius 2 is 1.85 bits per heavy atom. The molecular weight excluding hydrogens is 493 g/mol. The third kappa shape index (κ3) is 2.65. The van der Waals surface area contributed by atoms with Gasteiger partial charge >= 0.3 is 0 Å². The van der Waals surface area contributed by atoms with Gasteiger partial charge in [-0.15, -0.1) is 23.2 Å². The summed E-state index contributed by atoms with van der Waals surface area (Å²) in [6, 6.07) is 0. The number of carbonyl (C=O) groups excluding carboxylic acids is 2. The fourth-order valence-corrected chi connectivity index (χ4v) is 9.15. The van der Waals surface area contributed by atoms with Crippen LogP contribution in [0.15, 0.2) is 23.6 Å². The lowest BCUT2D eigenvalue weighted by molar-refractivity contribution is -0.222. The highest BCUT2D eigenvalue weighted by Gasteiger charge is 2.80. The maximum absolute atomic E-state index is 15.6. The van der Waals surface area contributed by atoms with Gasteiger partial charge in [-0.25, -0.2) is 8.78 Å². The first-order chi connectivity index (χ1) is 15.6. The van der Waals surface area contributed by atoms with Crippen LogP contribution in [0.5, 0.6) is 0 Å². The molecule has 1 heterocycles. The minimum atomic E-state index is -2.30. The molecule has 0 amide bonds. The second-order valence-corrected chi connectivity index (χ2v) is 12.4. The van der Waals surface area contributed by atoms with E-state index >= 15 is 4.39 Å². The molecule has 1 aliphatic heterocycles. The number of hydrogen-bond donors (Lipinski definition) is 2. The molecule has 10 heteroatoms. The number of allylic oxidation sites excluding steroid dienone is 4. The first kappa shape index (κ1) is 24.8. The van der Waals surface area contributed by atoms with Crippen LogP contribution in [0.3, 0.4) is 0 Å². The van der Waals surface area contributed by atoms with Crippen molar-refractivity contribution in [2.45, 2.75) is 87.2 Å². The van der Waals surface area contributed by atoms with Crippen LogP contribution in [0.2, 0.25) is 0 Å². The largest absolute Gasteiger partial charge is 0.362 e. The molecule has 0 aromatic carbocycles. The van der Waals surface area contributed by atoms with E-state index < -0.39 is 80.3 Å². The van der Waals surface area contributed by atoms with Crippen LogP contribution in [-0.2, 0) is 19.1 Å². The molecule has 2 N–H and O–H groups in total. The Bertz CT molecular complexity index is 1040. The lowest BCUT2D eigenvalue weighted by atomic mass is 9.46. The number of alkyl halides is 3. The fourth-order valence-electron chi connectivity index (χ4n) is 7.96. The Hall–Kier alpha value is -0.900. The molecule has 0 aromatic rings. The summed E-state index contributed by atoms with van der Waals surface area (Å²) in [5.41, 5.74) is -4.47. The van der Waals surface area contributed by atoms with Gasteiger partial charge in [0, 0.05) is 16.4 Å². The number of aliphatic hydroxyl groups is 2. The first-order valence-corrected chi connectivity index (χ1v) is 12.3. The van der Waals surface area contributed by atoms with Gasteiger partial charge in [0.05, 0.1) is 16.4 Å². The lowest BCUT2D eigenvalue weighted by Gasteiger charge is -2.64. The molecular formula is C24H28Cl2F2O6. The standard InChI is InChI=1S/C24H28Cl2F2O6/c1-20(2)33-15-8-10-11-7-12(27)16-17(28)13(29)5-6-21(16,3)23(11,26)14(25)9-22(10,4)24(15,34-20)18(30)19(31)32/h5-6,10-12,14-15,19,31-32H,7-9H2,1-4H3/t10-,11-,12-,14-,15+,21-,22-,23-,24-/m0/s1. The van der Waals surface area contributed by atoms with Crippen molar-refractivity contribution in [1.29, 1.82) is 0 Å². The highest BCUT2D eigenvalue weighted by molar-refractivity contribution is 6.34. The average Bonchev–Trinajstić information content (AvgIpc) is 3.13. The van der Waals surface area contributed by atoms with Crippen LogP contribution in [0.4, 0.5) is 8.78 Å². The molecule has 188 valence electrons. The molecule has 9 atom stereocenters. The van der Waals surface area contributed by atoms with Crippen molar-refractivity contribution in [2.24, 2.45) is 22.7 Å². The minimum Gasteiger partial charge on any atom is -0.362 e. The van der Waals surface area contributed by atoms with Crippen molar-refractivity contribution >= 4 is 34.8 Å². The summed E-state index contributed by atoms with van der Waals surface area (Å²) in [4.78, 5) is 24.0. The molecule has 5 rings (SSSR count). The SMILES string of the molecule is CC1(C)O[C@@H]2C[C@H]3[C@@H]4C[C@H](F)C5=C(F)C(=O)C=C[C@]5(C)[C@@]4(Cl)[C@@H](Cl)C[C@]3(C)[C@]2(C(=O)C(O)O)O1. The number of ketones is 2. The fraction of sp³-hybridized carbons (Fsp3) is 0.750. The van der Waals surface area contributed by atoms with Gasteiger partial charge in [0.25, 0.3) is 0 Å². The molecule has 0 aromatic heterocycles. The summed E-state index contributed by atoms with van der Waals surface area (Å²) in [6.45, 7) is 6.64. The molecule has 0 spiro atoms. The maximum Gasteiger partial charge on any atom is 0.223 e. The molecule has 0 radical (unpaired) electrons. The van der Waals surface area contributed by atoms with Gasteiger partial charge in [0.15, 0.2) is 17.2 Å². The summed E-state index contributed by atoms with van der Waals surface area (Å²) in [7, 11) is 0. The molecule has 34 heavy (non-hydrogen) atoms. The Morgan fingerprint density at radius 1 is 1.21 bits per heavy atom. The monoisotopic (exact) mass is 520 g/mol. The third-order valence-corrected chi connectivity index (χ3v) is 10.8. The summed E-state index contributed by atoms with van der Waals surface area (Å²) in [5.74, 6) is -5.26. The van der Waals surface area contributed by atoms with E-state index in [9.17, 15) is 24.2 Å². The number of hydrogen-bond acceptors (Lipinski definition) is 6. The van der Waals surface area contributed by atoms with E-state index in [-0.39, 0.29) is 24.8 Å². The van der Waals surface area contributed by atoms with Crippen molar-refractivity contribution in [1.82, 2.24) is 0 Å². The van der Waals surface area contributed by atoms with E-state index in [1.807, 2.05) is 0 Å². The molecule has 6 nitrogen and oxygen atoms in total. The molecule has 0 bridgehead atoms. The quantitative estimate of drug-likeness (QED) is 0.427. The molecule has 4 aliphatic carbocycles. The number of Topliss-reactive ketones (excluding diaryl/α,β-unsaturated/α-hetero) is 1. The van der Waals surface area contributed by atoms with Crippen LogP contribution >= 0.6 is 23.2 Å². The number of ether oxygens (including phenoxy) is 2. The van der Waals surface area contributed by atoms with Gasteiger partial charge < -0.3 is 19.7 Å². The minimum absolute atomic E-state index is 0.0941. The van der Waals surface area contributed by atoms with Crippen LogP contribution < -0.4 is 0 Å². The van der Waals surface area contributed by atoms with E-state index in [4.69, 9.17) is 32.7 Å². The molecule has 5 aliphatic rings. The zero-order valence-corrected chi connectivity index (χ0v) is 20.8. The lowest BCUT2D eigenvalue weighted by Crippen LogP contribution is -2.70. The third-order valence-electron chi connectivity index (χ3n) is 9.26. The van der Waals surface area contributed by atoms with E-state index in [0.29, 0.717) is 0 Å². The predicted molar refractivity (Wildman–Crippen MR) is 118 cm³/mol. The normalized spacial score (nSPS) is 51.3. The van der Waals surface area contributed by atoms with E-state index in [1.54, 1.807) is 27.7 Å². The maximum atomic E-state index is 15.6. The number of halogens is 4. The molecule has 0 unspecified atom stereocenters. The van der Waals surface area contributed by atoms with Crippen LogP contribution in [0.25, 0.3) is 0 Å². The topological polar surface area (TPSA) is 93.1 Å². The Balaban J connectivity index is 1.68. The molecule has 3 saturated carbocycles. The second kappa shape index (κ2) is 7.11. The van der Waals surface area contributed by atoms with Gasteiger partial charge in [0.1, 0.15) is 6.17 Å². The Morgan fingerprint density at radius 3 is 2.47 bits per heavy atom. The number of carbonyl (C=O) groups is 2. The average molecular weight is 521 g/mol. The smallest absolute Gasteiger partial charge is 0.223 e. The van der Waals surface area contributed by atoms with E-state index in [2.05, 4.69) is 0 Å². The zero-order chi connectivity index (χ0) is 25.2. The van der Waals surface area contributed by atoms with Crippen LogP contribution in [0, 0.1) is 22.7 Å². The van der Waals surface area contributed by atoms with Crippen LogP contribution in [-0.4, -0.2) is 62.0 Å². The summed E-state index contributed by atoms with van der Waals surface area (Å²) in [6.07, 6.45) is -2.27. The van der Waals surface area contributed by atoms with Crippen molar-refractivity contribution in [3.63, 3.8) is 0 Å². The van der Waals surface area contributed by atoms with Crippen molar-refractivity contribution < 1.29 is 38.1 Å². The highest BCUT2D eigenvalue weighted by atomic mass is 35.5. The van der Waals surface area contributed by atoms with Gasteiger partial charge in [0.2, 0.25) is 17.9 Å². The van der Waals surface area contributed by atoms with Gasteiger partial charge in [-0.1, -0.05) is 19.9 Å². The van der Waals surface area contributed by atoms with E-state index in [1.165, 1.54) is 6.08 Å². The number of fused-ring (bicyclic) bond motifs is 7. The van der Waals surface area contributed by atoms with Gasteiger partial charge in [-0.05, 0) is 51.0 Å². The number of aliphatic hydroxyl groups excluding tert-OH is 1. The summed E-state index contributed by atoms with van der Waals surface area (Å²) in [5, 5.41) is 18.9. The summed E-state index contributed by atoms with van der Waals surface area (Å²) >= 11 is 14.3. The van der Waals surface area contributed by atoms with E-state index in [0.717, 1.165) is 6.08 Å². The summed E-state index contributed by atoms with van der Waals surface area (Å²) < 4.78 is 42.8. The van der Waals surface area contributed by atoms with Crippen molar-refractivity contribution in [3.05, 3.63) is 23.6 Å². The van der Waals surface area contributed by atoms with Crippen LogP contribution in [0.1, 0.15) is 47.0 Å². The van der Waals surface area contributed by atoms with Gasteiger partial charge in [-0.3, -0.25) is 9.59 Å². The number of rotatable bonds is 2. The van der Waals surface area contributed by atoms with Crippen molar-refractivity contribution in [2.75, 3.05) is 0 Å².